The molecule has 0 aromatic heterocycles. The minimum Gasteiger partial charge on any atom is -0.480 e. The Morgan fingerprint density at radius 1 is 1.47 bits per heavy atom. The standard InChI is InChI=1S/C11H17NO4S/c1-11(3-2-4-17-11)10(16)12-6-7(13)5-8(12)9(14)15/h7-8,13H,2-6H2,1H3,(H,14,15). The van der Waals surface area contributed by atoms with E-state index in [1.54, 1.807) is 11.8 Å². The topological polar surface area (TPSA) is 77.8 Å². The zero-order valence-electron chi connectivity index (χ0n) is 9.76. The Morgan fingerprint density at radius 2 is 2.18 bits per heavy atom. The van der Waals surface area contributed by atoms with Crippen LogP contribution in [0.3, 0.4) is 0 Å². The molecule has 0 aromatic carbocycles. The summed E-state index contributed by atoms with van der Waals surface area (Å²) >= 11 is 1.59. The van der Waals surface area contributed by atoms with Gasteiger partial charge in [0.2, 0.25) is 5.91 Å². The second-order valence-corrected chi connectivity index (χ2v) is 6.48. The lowest BCUT2D eigenvalue weighted by molar-refractivity contribution is -0.149. The van der Waals surface area contributed by atoms with Crippen molar-refractivity contribution >= 4 is 23.6 Å². The van der Waals surface area contributed by atoms with Gasteiger partial charge in [0, 0.05) is 13.0 Å². The predicted octanol–water partition coefficient (Wildman–Crippen LogP) is 0.318. The highest BCUT2D eigenvalue weighted by Gasteiger charge is 2.47. The van der Waals surface area contributed by atoms with Crippen molar-refractivity contribution < 1.29 is 19.8 Å². The van der Waals surface area contributed by atoms with Crippen molar-refractivity contribution in [2.75, 3.05) is 12.3 Å². The van der Waals surface area contributed by atoms with E-state index >= 15 is 0 Å². The summed E-state index contributed by atoms with van der Waals surface area (Å²) in [5.41, 5.74) is 0. The van der Waals surface area contributed by atoms with Gasteiger partial charge < -0.3 is 15.1 Å². The van der Waals surface area contributed by atoms with E-state index in [4.69, 9.17) is 5.11 Å². The second-order valence-electron chi connectivity index (χ2n) is 4.88. The minimum absolute atomic E-state index is 0.135. The summed E-state index contributed by atoms with van der Waals surface area (Å²) in [5.74, 6) is -0.221. The van der Waals surface area contributed by atoms with Crippen LogP contribution in [0, 0.1) is 0 Å². The van der Waals surface area contributed by atoms with E-state index in [2.05, 4.69) is 0 Å². The molecule has 1 amide bonds. The van der Waals surface area contributed by atoms with Crippen molar-refractivity contribution in [2.45, 2.75) is 43.1 Å². The molecule has 2 fully saturated rings. The van der Waals surface area contributed by atoms with E-state index in [9.17, 15) is 14.7 Å². The monoisotopic (exact) mass is 259 g/mol. The maximum absolute atomic E-state index is 12.4. The van der Waals surface area contributed by atoms with Gasteiger partial charge in [0.15, 0.2) is 0 Å². The number of carboxylic acids is 1. The number of hydrogen-bond acceptors (Lipinski definition) is 4. The number of aliphatic carboxylic acids is 1. The van der Waals surface area contributed by atoms with Crippen LogP contribution in [-0.4, -0.2) is 56.2 Å². The first-order chi connectivity index (χ1) is 7.94. The van der Waals surface area contributed by atoms with Crippen molar-refractivity contribution in [1.29, 1.82) is 0 Å². The molecule has 3 unspecified atom stereocenters. The molecule has 5 nitrogen and oxygen atoms in total. The number of hydrogen-bond donors (Lipinski definition) is 2. The third-order valence-electron chi connectivity index (χ3n) is 3.50. The molecule has 0 radical (unpaired) electrons. The van der Waals surface area contributed by atoms with E-state index in [0.717, 1.165) is 18.6 Å². The summed E-state index contributed by atoms with van der Waals surface area (Å²) in [7, 11) is 0. The number of carbonyl (C=O) groups is 2. The number of rotatable bonds is 2. The van der Waals surface area contributed by atoms with Crippen molar-refractivity contribution in [1.82, 2.24) is 4.90 Å². The maximum Gasteiger partial charge on any atom is 0.326 e. The lowest BCUT2D eigenvalue weighted by atomic mass is 10.0. The molecule has 0 aliphatic carbocycles. The van der Waals surface area contributed by atoms with Gasteiger partial charge in [-0.25, -0.2) is 4.79 Å². The van der Waals surface area contributed by atoms with Gasteiger partial charge in [0.1, 0.15) is 6.04 Å². The van der Waals surface area contributed by atoms with Crippen LogP contribution in [-0.2, 0) is 9.59 Å². The van der Waals surface area contributed by atoms with Crippen molar-refractivity contribution in [3.63, 3.8) is 0 Å². The first kappa shape index (κ1) is 12.7. The molecule has 2 aliphatic heterocycles. The number of aliphatic hydroxyl groups is 1. The van der Waals surface area contributed by atoms with Gasteiger partial charge in [-0.15, -0.1) is 11.8 Å². The molecule has 0 spiro atoms. The van der Waals surface area contributed by atoms with Crippen LogP contribution in [0.25, 0.3) is 0 Å². The van der Waals surface area contributed by atoms with Crippen molar-refractivity contribution in [3.8, 4) is 0 Å². The number of amides is 1. The van der Waals surface area contributed by atoms with E-state index in [0.29, 0.717) is 0 Å². The van der Waals surface area contributed by atoms with E-state index in [1.165, 1.54) is 4.90 Å². The van der Waals surface area contributed by atoms with Crippen molar-refractivity contribution in [3.05, 3.63) is 0 Å². The first-order valence-electron chi connectivity index (χ1n) is 5.80. The Kier molecular flexibility index (Phi) is 3.36. The number of thioether (sulfide) groups is 1. The molecule has 96 valence electrons. The predicted molar refractivity (Wildman–Crippen MR) is 63.9 cm³/mol. The van der Waals surface area contributed by atoms with E-state index in [1.807, 2.05) is 6.92 Å². The molecule has 2 N–H and O–H groups in total. The minimum atomic E-state index is -1.03. The third kappa shape index (κ3) is 2.28. The highest BCUT2D eigenvalue weighted by Crippen LogP contribution is 2.40. The summed E-state index contributed by atoms with van der Waals surface area (Å²) in [6, 6.07) is -0.865. The summed E-state index contributed by atoms with van der Waals surface area (Å²) in [6.45, 7) is 2.02. The SMILES string of the molecule is CC1(C(=O)N2CC(O)CC2C(=O)O)CCCS1. The van der Waals surface area contributed by atoms with Crippen molar-refractivity contribution in [2.24, 2.45) is 0 Å². The zero-order chi connectivity index (χ0) is 12.6. The Hall–Kier alpha value is -0.750. The lowest BCUT2D eigenvalue weighted by Gasteiger charge is -2.30. The van der Waals surface area contributed by atoms with Crippen LogP contribution in [0.15, 0.2) is 0 Å². The largest absolute Gasteiger partial charge is 0.480 e. The molecule has 0 bridgehead atoms. The van der Waals surface area contributed by atoms with Crippen LogP contribution in [0.5, 0.6) is 0 Å². The third-order valence-corrected chi connectivity index (χ3v) is 5.00. The summed E-state index contributed by atoms with van der Waals surface area (Å²) in [5, 5.41) is 18.6. The quantitative estimate of drug-likeness (QED) is 0.746. The Bertz CT molecular complexity index is 340. The summed E-state index contributed by atoms with van der Waals surface area (Å²) in [6.07, 6.45) is 1.20. The molecule has 2 saturated heterocycles. The zero-order valence-corrected chi connectivity index (χ0v) is 10.6. The fourth-order valence-corrected chi connectivity index (χ4v) is 3.79. The Morgan fingerprint density at radius 3 is 2.71 bits per heavy atom. The number of β-amino-alcohol motifs (C(OH)–C–C–N with tert-alkyl or cyclic N) is 1. The molecule has 2 aliphatic rings. The van der Waals surface area contributed by atoms with Gasteiger partial charge in [0.25, 0.3) is 0 Å². The summed E-state index contributed by atoms with van der Waals surface area (Å²) < 4.78 is -0.502. The molecule has 2 rings (SSSR count). The first-order valence-corrected chi connectivity index (χ1v) is 6.78. The molecular weight excluding hydrogens is 242 g/mol. The number of likely N-dealkylation sites (tertiary alicyclic amines) is 1. The fourth-order valence-electron chi connectivity index (χ4n) is 2.52. The van der Waals surface area contributed by atoms with Gasteiger partial charge in [-0.1, -0.05) is 0 Å². The number of aliphatic hydroxyl groups excluding tert-OH is 1. The lowest BCUT2D eigenvalue weighted by Crippen LogP contribution is -2.48. The van der Waals surface area contributed by atoms with Gasteiger partial charge in [-0.05, 0) is 25.5 Å². The molecule has 3 atom stereocenters. The smallest absolute Gasteiger partial charge is 0.326 e. The highest BCUT2D eigenvalue weighted by molar-refractivity contribution is 8.01. The molecular formula is C11H17NO4S. The maximum atomic E-state index is 12.4. The van der Waals surface area contributed by atoms with Gasteiger partial charge in [-0.2, -0.15) is 0 Å². The van der Waals surface area contributed by atoms with Crippen LogP contribution >= 0.6 is 11.8 Å². The number of carboxylic acid groups (broad SMARTS) is 1. The highest BCUT2D eigenvalue weighted by atomic mass is 32.2. The van der Waals surface area contributed by atoms with Gasteiger partial charge >= 0.3 is 5.97 Å². The number of carbonyl (C=O) groups excluding carboxylic acids is 1. The average molecular weight is 259 g/mol. The normalized spacial score (nSPS) is 37.4. The van der Waals surface area contributed by atoms with E-state index in [-0.39, 0.29) is 18.9 Å². The van der Waals surface area contributed by atoms with E-state index < -0.39 is 22.9 Å². The molecule has 6 heteroatoms. The van der Waals surface area contributed by atoms with Gasteiger partial charge in [0.05, 0.1) is 10.9 Å². The van der Waals surface area contributed by atoms with Crippen LogP contribution in [0.1, 0.15) is 26.2 Å². The number of nitrogens with zero attached hydrogens (tertiary/aromatic N) is 1. The molecule has 0 saturated carbocycles. The molecule has 0 aromatic rings. The molecule has 2 heterocycles. The van der Waals surface area contributed by atoms with Crippen LogP contribution in [0.2, 0.25) is 0 Å². The fraction of sp³-hybridized carbons (Fsp3) is 0.818. The molecule has 17 heavy (non-hydrogen) atoms. The average Bonchev–Trinajstić information content (AvgIpc) is 2.84. The van der Waals surface area contributed by atoms with Crippen LogP contribution in [0.4, 0.5) is 0 Å². The van der Waals surface area contributed by atoms with Crippen LogP contribution < -0.4 is 0 Å². The second kappa shape index (κ2) is 4.49. The Balaban J connectivity index is 2.15. The van der Waals surface area contributed by atoms with Gasteiger partial charge in [-0.3, -0.25) is 4.79 Å². The summed E-state index contributed by atoms with van der Waals surface area (Å²) in [4.78, 5) is 24.8. The Labute approximate surface area is 104 Å².